The first kappa shape index (κ1) is 14.0. The Kier molecular flexibility index (Phi) is 4.15. The second-order valence-electron chi connectivity index (χ2n) is 5.59. The van der Waals surface area contributed by atoms with Crippen molar-refractivity contribution in [1.82, 2.24) is 9.88 Å². The van der Waals surface area contributed by atoms with Gasteiger partial charge >= 0.3 is 0 Å². The molecule has 0 radical (unpaired) electrons. The molecule has 1 unspecified atom stereocenters. The smallest absolute Gasteiger partial charge is 0.214 e. The highest BCUT2D eigenvalue weighted by molar-refractivity contribution is 5.45. The molecule has 21 heavy (non-hydrogen) atoms. The van der Waals surface area contributed by atoms with Gasteiger partial charge in [0.1, 0.15) is 0 Å². The second kappa shape index (κ2) is 6.22. The van der Waals surface area contributed by atoms with E-state index in [9.17, 15) is 4.39 Å². The number of hydrogen-bond acceptors (Lipinski definition) is 3. The molecule has 0 N–H and O–H groups in total. The van der Waals surface area contributed by atoms with Crippen LogP contribution < -0.4 is 4.90 Å². The van der Waals surface area contributed by atoms with Crippen LogP contribution in [0.5, 0.6) is 0 Å². The molecule has 0 amide bonds. The Labute approximate surface area is 125 Å². The SMILES string of the molecule is CC1CN(c2ccnc(F)c2)CCN1Cc1ccccc1. The number of nitrogens with zero attached hydrogens (tertiary/aromatic N) is 3. The molecular weight excluding hydrogens is 265 g/mol. The van der Waals surface area contributed by atoms with Gasteiger partial charge in [-0.25, -0.2) is 4.98 Å². The van der Waals surface area contributed by atoms with Crippen LogP contribution in [0.3, 0.4) is 0 Å². The maximum Gasteiger partial charge on any atom is 0.214 e. The average molecular weight is 285 g/mol. The van der Waals surface area contributed by atoms with E-state index in [0.29, 0.717) is 6.04 Å². The molecule has 2 aromatic rings. The van der Waals surface area contributed by atoms with Crippen molar-refractivity contribution in [3.8, 4) is 0 Å². The van der Waals surface area contributed by atoms with Gasteiger partial charge in [0.05, 0.1) is 0 Å². The van der Waals surface area contributed by atoms with Crippen molar-refractivity contribution in [3.63, 3.8) is 0 Å². The maximum atomic E-state index is 13.2. The van der Waals surface area contributed by atoms with Crippen LogP contribution in [0.25, 0.3) is 0 Å². The topological polar surface area (TPSA) is 19.4 Å². The summed E-state index contributed by atoms with van der Waals surface area (Å²) < 4.78 is 13.2. The Bertz CT molecular complexity index is 588. The van der Waals surface area contributed by atoms with Gasteiger partial charge in [0.15, 0.2) is 0 Å². The number of rotatable bonds is 3. The molecule has 1 aliphatic rings. The van der Waals surface area contributed by atoms with Crippen LogP contribution in [-0.2, 0) is 6.54 Å². The van der Waals surface area contributed by atoms with E-state index < -0.39 is 5.95 Å². The summed E-state index contributed by atoms with van der Waals surface area (Å²) in [5, 5.41) is 0. The van der Waals surface area contributed by atoms with Crippen LogP contribution in [0.1, 0.15) is 12.5 Å². The van der Waals surface area contributed by atoms with Crippen molar-refractivity contribution in [2.45, 2.75) is 19.5 Å². The van der Waals surface area contributed by atoms with Gasteiger partial charge in [0.25, 0.3) is 0 Å². The summed E-state index contributed by atoms with van der Waals surface area (Å²) in [5.41, 5.74) is 2.27. The molecule has 0 spiro atoms. The van der Waals surface area contributed by atoms with E-state index in [1.54, 1.807) is 0 Å². The maximum absolute atomic E-state index is 13.2. The van der Waals surface area contributed by atoms with Crippen LogP contribution in [0, 0.1) is 5.95 Å². The van der Waals surface area contributed by atoms with Gasteiger partial charge in [-0.15, -0.1) is 0 Å². The lowest BCUT2D eigenvalue weighted by molar-refractivity contribution is 0.181. The highest BCUT2D eigenvalue weighted by Gasteiger charge is 2.24. The van der Waals surface area contributed by atoms with Crippen molar-refractivity contribution in [2.75, 3.05) is 24.5 Å². The Morgan fingerprint density at radius 3 is 2.71 bits per heavy atom. The molecule has 4 heteroatoms. The van der Waals surface area contributed by atoms with Gasteiger partial charge in [0, 0.05) is 50.2 Å². The summed E-state index contributed by atoms with van der Waals surface area (Å²) in [7, 11) is 0. The lowest BCUT2D eigenvalue weighted by atomic mass is 10.1. The first-order valence-electron chi connectivity index (χ1n) is 7.37. The van der Waals surface area contributed by atoms with Gasteiger partial charge in [0.2, 0.25) is 5.95 Å². The predicted octanol–water partition coefficient (Wildman–Crippen LogP) is 2.93. The Morgan fingerprint density at radius 2 is 2.00 bits per heavy atom. The summed E-state index contributed by atoms with van der Waals surface area (Å²) in [6.07, 6.45) is 1.53. The lowest BCUT2D eigenvalue weighted by Crippen LogP contribution is -2.51. The van der Waals surface area contributed by atoms with E-state index in [2.05, 4.69) is 46.0 Å². The molecule has 110 valence electrons. The fourth-order valence-electron chi connectivity index (χ4n) is 2.87. The fourth-order valence-corrected chi connectivity index (χ4v) is 2.87. The van der Waals surface area contributed by atoms with E-state index in [1.807, 2.05) is 12.1 Å². The van der Waals surface area contributed by atoms with Gasteiger partial charge in [-0.3, -0.25) is 4.90 Å². The Balaban J connectivity index is 1.64. The van der Waals surface area contributed by atoms with E-state index in [0.717, 1.165) is 31.9 Å². The molecule has 1 atom stereocenters. The highest BCUT2D eigenvalue weighted by Crippen LogP contribution is 2.20. The standard InChI is InChI=1S/C17H20FN3/c1-14-12-21(16-7-8-19-17(18)11-16)10-9-20(14)13-15-5-3-2-4-6-15/h2-8,11,14H,9-10,12-13H2,1H3. The average Bonchev–Trinajstić information content (AvgIpc) is 2.50. The largest absolute Gasteiger partial charge is 0.369 e. The van der Waals surface area contributed by atoms with Crippen LogP contribution in [0.4, 0.5) is 10.1 Å². The van der Waals surface area contributed by atoms with E-state index in [4.69, 9.17) is 0 Å². The molecule has 1 aromatic carbocycles. The Morgan fingerprint density at radius 1 is 1.19 bits per heavy atom. The molecule has 1 aromatic heterocycles. The number of aromatic nitrogens is 1. The number of anilines is 1. The molecule has 0 bridgehead atoms. The summed E-state index contributed by atoms with van der Waals surface area (Å²) in [6, 6.07) is 14.4. The quantitative estimate of drug-likeness (QED) is 0.808. The number of hydrogen-bond donors (Lipinski definition) is 0. The van der Waals surface area contributed by atoms with Crippen molar-refractivity contribution in [3.05, 3.63) is 60.2 Å². The third kappa shape index (κ3) is 3.39. The number of benzene rings is 1. The molecule has 0 aliphatic carbocycles. The first-order valence-corrected chi connectivity index (χ1v) is 7.37. The fraction of sp³-hybridized carbons (Fsp3) is 0.353. The molecular formula is C17H20FN3. The van der Waals surface area contributed by atoms with Gasteiger partial charge in [-0.2, -0.15) is 4.39 Å². The highest BCUT2D eigenvalue weighted by atomic mass is 19.1. The molecule has 1 saturated heterocycles. The van der Waals surface area contributed by atoms with Crippen LogP contribution in [0.15, 0.2) is 48.7 Å². The molecule has 2 heterocycles. The molecule has 0 saturated carbocycles. The molecule has 3 nitrogen and oxygen atoms in total. The number of pyridine rings is 1. The van der Waals surface area contributed by atoms with Crippen LogP contribution >= 0.6 is 0 Å². The number of piperazine rings is 1. The summed E-state index contributed by atoms with van der Waals surface area (Å²) in [4.78, 5) is 8.33. The monoisotopic (exact) mass is 285 g/mol. The number of halogens is 1. The minimum Gasteiger partial charge on any atom is -0.369 e. The van der Waals surface area contributed by atoms with E-state index in [1.165, 1.54) is 17.8 Å². The normalized spacial score (nSPS) is 19.7. The third-order valence-corrected chi connectivity index (χ3v) is 4.07. The molecule has 1 aliphatic heterocycles. The predicted molar refractivity (Wildman–Crippen MR) is 82.7 cm³/mol. The minimum atomic E-state index is -0.410. The van der Waals surface area contributed by atoms with Gasteiger partial charge in [-0.05, 0) is 18.6 Å². The third-order valence-electron chi connectivity index (χ3n) is 4.07. The van der Waals surface area contributed by atoms with Crippen molar-refractivity contribution in [2.24, 2.45) is 0 Å². The summed E-state index contributed by atoms with van der Waals surface area (Å²) in [6.45, 7) is 6.02. The summed E-state index contributed by atoms with van der Waals surface area (Å²) >= 11 is 0. The van der Waals surface area contributed by atoms with Gasteiger partial charge in [-0.1, -0.05) is 30.3 Å². The zero-order valence-corrected chi connectivity index (χ0v) is 12.2. The van der Waals surface area contributed by atoms with E-state index >= 15 is 0 Å². The summed E-state index contributed by atoms with van der Waals surface area (Å²) in [5.74, 6) is -0.410. The Hall–Kier alpha value is -1.94. The zero-order valence-electron chi connectivity index (χ0n) is 12.2. The second-order valence-corrected chi connectivity index (χ2v) is 5.59. The zero-order chi connectivity index (χ0) is 14.7. The van der Waals surface area contributed by atoms with E-state index in [-0.39, 0.29) is 0 Å². The van der Waals surface area contributed by atoms with Crippen LogP contribution in [-0.4, -0.2) is 35.6 Å². The first-order chi connectivity index (χ1) is 10.2. The van der Waals surface area contributed by atoms with Gasteiger partial charge < -0.3 is 4.90 Å². The van der Waals surface area contributed by atoms with Crippen LogP contribution in [0.2, 0.25) is 0 Å². The molecule has 1 fully saturated rings. The molecule has 3 rings (SSSR count). The minimum absolute atomic E-state index is 0.410. The van der Waals surface area contributed by atoms with Crippen molar-refractivity contribution < 1.29 is 4.39 Å². The van der Waals surface area contributed by atoms with Crippen molar-refractivity contribution >= 4 is 5.69 Å². The van der Waals surface area contributed by atoms with Crippen molar-refractivity contribution in [1.29, 1.82) is 0 Å². The lowest BCUT2D eigenvalue weighted by Gasteiger charge is -2.41.